The SMILES string of the molecule is C=C1C(N)=CC(C)=C(c2ccccc2)N1OCF. The van der Waals surface area contributed by atoms with Crippen LogP contribution in [0.15, 0.2) is 60.0 Å². The maximum atomic E-state index is 12.5. The lowest BCUT2D eigenvalue weighted by Crippen LogP contribution is -2.28. The molecule has 0 saturated carbocycles. The van der Waals surface area contributed by atoms with Crippen LogP contribution in [0.2, 0.25) is 0 Å². The van der Waals surface area contributed by atoms with Gasteiger partial charge in [-0.25, -0.2) is 14.3 Å². The van der Waals surface area contributed by atoms with Crippen molar-refractivity contribution in [2.75, 3.05) is 6.86 Å². The second-order valence-electron chi connectivity index (χ2n) is 3.98. The van der Waals surface area contributed by atoms with Crippen molar-refractivity contribution in [3.8, 4) is 0 Å². The number of hydrogen-bond acceptors (Lipinski definition) is 3. The molecule has 1 aliphatic heterocycles. The number of hydrogen-bond donors (Lipinski definition) is 1. The molecule has 1 aromatic carbocycles. The van der Waals surface area contributed by atoms with E-state index < -0.39 is 6.86 Å². The van der Waals surface area contributed by atoms with Gasteiger partial charge in [-0.05, 0) is 18.6 Å². The van der Waals surface area contributed by atoms with Gasteiger partial charge < -0.3 is 5.73 Å². The van der Waals surface area contributed by atoms with Crippen LogP contribution in [0.5, 0.6) is 0 Å². The Balaban J connectivity index is 2.52. The molecule has 4 heteroatoms. The fourth-order valence-corrected chi connectivity index (χ4v) is 1.93. The molecular weight excluding hydrogens is 231 g/mol. The molecule has 0 aliphatic carbocycles. The van der Waals surface area contributed by atoms with Crippen molar-refractivity contribution in [2.24, 2.45) is 5.73 Å². The third-order valence-corrected chi connectivity index (χ3v) is 2.75. The van der Waals surface area contributed by atoms with Gasteiger partial charge in [-0.15, -0.1) is 0 Å². The Morgan fingerprint density at radius 2 is 2.00 bits per heavy atom. The van der Waals surface area contributed by atoms with Crippen LogP contribution in [0, 0.1) is 0 Å². The van der Waals surface area contributed by atoms with E-state index in [1.54, 1.807) is 0 Å². The maximum Gasteiger partial charge on any atom is 0.215 e. The molecule has 0 fully saturated rings. The van der Waals surface area contributed by atoms with Gasteiger partial charge in [-0.2, -0.15) is 0 Å². The minimum Gasteiger partial charge on any atom is -0.397 e. The summed E-state index contributed by atoms with van der Waals surface area (Å²) in [5.74, 6) is 0. The van der Waals surface area contributed by atoms with Gasteiger partial charge >= 0.3 is 0 Å². The summed E-state index contributed by atoms with van der Waals surface area (Å²) >= 11 is 0. The molecule has 0 aromatic heterocycles. The van der Waals surface area contributed by atoms with Crippen LogP contribution in [0.3, 0.4) is 0 Å². The first kappa shape index (κ1) is 12.4. The minimum absolute atomic E-state index is 0.442. The molecular formula is C14H15FN2O. The van der Waals surface area contributed by atoms with Gasteiger partial charge in [0, 0.05) is 5.56 Å². The molecule has 18 heavy (non-hydrogen) atoms. The quantitative estimate of drug-likeness (QED) is 0.891. The molecule has 0 radical (unpaired) electrons. The first-order valence-electron chi connectivity index (χ1n) is 5.57. The molecule has 2 rings (SSSR count). The van der Waals surface area contributed by atoms with Gasteiger partial charge in [0.1, 0.15) is 0 Å². The van der Waals surface area contributed by atoms with E-state index in [1.807, 2.05) is 43.3 Å². The number of nitrogens with zero attached hydrogens (tertiary/aromatic N) is 1. The molecule has 0 bridgehead atoms. The van der Waals surface area contributed by atoms with E-state index >= 15 is 0 Å². The van der Waals surface area contributed by atoms with E-state index in [1.165, 1.54) is 5.06 Å². The van der Waals surface area contributed by atoms with Crippen molar-refractivity contribution in [1.29, 1.82) is 0 Å². The lowest BCUT2D eigenvalue weighted by molar-refractivity contribution is -0.120. The fraction of sp³-hybridized carbons (Fsp3) is 0.143. The van der Waals surface area contributed by atoms with Gasteiger partial charge in [0.05, 0.1) is 17.1 Å². The Morgan fingerprint density at radius 3 is 2.61 bits per heavy atom. The summed E-state index contributed by atoms with van der Waals surface area (Å²) in [6, 6.07) is 9.59. The number of halogens is 1. The molecule has 1 aromatic rings. The van der Waals surface area contributed by atoms with Gasteiger partial charge in [0.2, 0.25) is 6.86 Å². The molecule has 0 unspecified atom stereocenters. The van der Waals surface area contributed by atoms with E-state index in [9.17, 15) is 4.39 Å². The predicted octanol–water partition coefficient (Wildman–Crippen LogP) is 2.95. The Kier molecular flexibility index (Phi) is 3.48. The van der Waals surface area contributed by atoms with Crippen molar-refractivity contribution in [3.63, 3.8) is 0 Å². The summed E-state index contributed by atoms with van der Waals surface area (Å²) in [5.41, 5.74) is 9.31. The van der Waals surface area contributed by atoms with E-state index in [0.717, 1.165) is 16.8 Å². The summed E-state index contributed by atoms with van der Waals surface area (Å²) in [7, 11) is 0. The molecule has 94 valence electrons. The Labute approximate surface area is 106 Å². The smallest absolute Gasteiger partial charge is 0.215 e. The third kappa shape index (κ3) is 2.15. The summed E-state index contributed by atoms with van der Waals surface area (Å²) in [4.78, 5) is 4.99. The highest BCUT2D eigenvalue weighted by atomic mass is 19.1. The number of nitrogens with two attached hydrogens (primary N) is 1. The number of rotatable bonds is 3. The predicted molar refractivity (Wildman–Crippen MR) is 69.3 cm³/mol. The molecule has 1 heterocycles. The van der Waals surface area contributed by atoms with Gasteiger partial charge in [-0.3, -0.25) is 0 Å². The van der Waals surface area contributed by atoms with E-state index in [4.69, 9.17) is 10.6 Å². The largest absolute Gasteiger partial charge is 0.397 e. The Morgan fingerprint density at radius 1 is 1.33 bits per heavy atom. The van der Waals surface area contributed by atoms with Crippen molar-refractivity contribution in [1.82, 2.24) is 5.06 Å². The van der Waals surface area contributed by atoms with E-state index in [0.29, 0.717) is 11.4 Å². The lowest BCUT2D eigenvalue weighted by Gasteiger charge is -2.31. The van der Waals surface area contributed by atoms with Crippen LogP contribution < -0.4 is 5.73 Å². The standard InChI is InChI=1S/C14H15FN2O/c1-10-8-13(16)11(2)17(18-9-15)14(10)12-6-4-3-5-7-12/h3-8H,2,9,16H2,1H3. The van der Waals surface area contributed by atoms with E-state index in [-0.39, 0.29) is 0 Å². The van der Waals surface area contributed by atoms with Crippen LogP contribution in [0.1, 0.15) is 12.5 Å². The van der Waals surface area contributed by atoms with Crippen LogP contribution in [0.4, 0.5) is 4.39 Å². The molecule has 3 nitrogen and oxygen atoms in total. The third-order valence-electron chi connectivity index (χ3n) is 2.75. The molecule has 2 N–H and O–H groups in total. The zero-order valence-corrected chi connectivity index (χ0v) is 10.2. The van der Waals surface area contributed by atoms with Crippen molar-refractivity contribution in [3.05, 3.63) is 65.5 Å². The average molecular weight is 246 g/mol. The molecule has 0 amide bonds. The van der Waals surface area contributed by atoms with Gasteiger partial charge in [0.15, 0.2) is 0 Å². The van der Waals surface area contributed by atoms with Crippen molar-refractivity contribution in [2.45, 2.75) is 6.92 Å². The number of benzene rings is 1. The normalized spacial score (nSPS) is 16.0. The summed E-state index contributed by atoms with van der Waals surface area (Å²) in [5, 5.41) is 1.35. The van der Waals surface area contributed by atoms with Crippen LogP contribution in [0.25, 0.3) is 5.70 Å². The van der Waals surface area contributed by atoms with Crippen molar-refractivity contribution >= 4 is 5.70 Å². The van der Waals surface area contributed by atoms with Crippen molar-refractivity contribution < 1.29 is 9.23 Å². The molecule has 0 atom stereocenters. The zero-order valence-electron chi connectivity index (χ0n) is 10.2. The van der Waals surface area contributed by atoms with Crippen LogP contribution in [-0.4, -0.2) is 11.9 Å². The molecule has 1 aliphatic rings. The highest BCUT2D eigenvalue weighted by Gasteiger charge is 2.23. The Hall–Kier alpha value is -2.07. The first-order chi connectivity index (χ1) is 8.65. The van der Waals surface area contributed by atoms with Gasteiger partial charge in [0.25, 0.3) is 0 Å². The number of hydroxylamine groups is 2. The topological polar surface area (TPSA) is 38.5 Å². The zero-order chi connectivity index (χ0) is 13.1. The van der Waals surface area contributed by atoms with Gasteiger partial charge in [-0.1, -0.05) is 36.9 Å². The second kappa shape index (κ2) is 5.06. The summed E-state index contributed by atoms with van der Waals surface area (Å²) in [6.07, 6.45) is 1.81. The molecule has 0 spiro atoms. The summed E-state index contributed by atoms with van der Waals surface area (Å²) in [6.45, 7) is 4.78. The maximum absolute atomic E-state index is 12.5. The lowest BCUT2D eigenvalue weighted by atomic mass is 10.0. The Bertz CT molecular complexity index is 520. The fourth-order valence-electron chi connectivity index (χ4n) is 1.93. The number of allylic oxidation sites excluding steroid dienone is 2. The highest BCUT2D eigenvalue weighted by Crippen LogP contribution is 2.33. The first-order valence-corrected chi connectivity index (χ1v) is 5.57. The highest BCUT2D eigenvalue weighted by molar-refractivity contribution is 5.72. The second-order valence-corrected chi connectivity index (χ2v) is 3.98. The monoisotopic (exact) mass is 246 g/mol. The van der Waals surface area contributed by atoms with E-state index in [2.05, 4.69) is 6.58 Å². The van der Waals surface area contributed by atoms with Crippen LogP contribution in [-0.2, 0) is 4.84 Å². The number of alkyl halides is 1. The average Bonchev–Trinajstić information content (AvgIpc) is 2.37. The molecule has 0 saturated heterocycles. The van der Waals surface area contributed by atoms with Crippen LogP contribution >= 0.6 is 0 Å². The summed E-state index contributed by atoms with van der Waals surface area (Å²) < 4.78 is 12.5. The minimum atomic E-state index is -0.935.